The zero-order valence-electron chi connectivity index (χ0n) is 17.4. The van der Waals surface area contributed by atoms with Crippen LogP contribution in [0.1, 0.15) is 35.3 Å². The molecule has 1 fully saturated rings. The average Bonchev–Trinajstić information content (AvgIpc) is 2.90. The number of benzene rings is 2. The summed E-state index contributed by atoms with van der Waals surface area (Å²) in [6.45, 7) is 2.87. The van der Waals surface area contributed by atoms with Gasteiger partial charge in [0.15, 0.2) is 5.11 Å². The predicted molar refractivity (Wildman–Crippen MR) is 113 cm³/mol. The number of halogens is 6. The van der Waals surface area contributed by atoms with Crippen LogP contribution in [0.25, 0.3) is 0 Å². The summed E-state index contributed by atoms with van der Waals surface area (Å²) in [5, 5.41) is 2.14. The number of rotatable bonds is 3. The second kappa shape index (κ2) is 8.01. The first-order valence-corrected chi connectivity index (χ1v) is 9.80. The van der Waals surface area contributed by atoms with Gasteiger partial charge in [0.05, 0.1) is 16.8 Å². The Morgan fingerprint density at radius 1 is 0.909 bits per heavy atom. The minimum Gasteiger partial charge on any atom is -0.355 e. The number of hydrogen-bond donors (Lipinski definition) is 1. The zero-order chi connectivity index (χ0) is 24.9. The zero-order valence-corrected chi connectivity index (χ0v) is 18.2. The maximum absolute atomic E-state index is 13.3. The van der Waals surface area contributed by atoms with Gasteiger partial charge in [0.25, 0.3) is 11.8 Å². The van der Waals surface area contributed by atoms with Crippen molar-refractivity contribution in [3.05, 3.63) is 59.2 Å². The smallest absolute Gasteiger partial charge is 0.355 e. The normalized spacial score (nSPS) is 16.4. The summed E-state index contributed by atoms with van der Waals surface area (Å²) in [5.41, 5.74) is -4.57. The van der Waals surface area contributed by atoms with E-state index in [0.717, 1.165) is 0 Å². The Morgan fingerprint density at radius 3 is 1.82 bits per heavy atom. The lowest BCUT2D eigenvalue weighted by atomic mass is 10.0. The summed E-state index contributed by atoms with van der Waals surface area (Å²) < 4.78 is 79.8. The number of nitrogens with zero attached hydrogens (tertiary/aromatic N) is 2. The van der Waals surface area contributed by atoms with E-state index in [-0.39, 0.29) is 17.1 Å². The molecule has 2 amide bonds. The van der Waals surface area contributed by atoms with Crippen LogP contribution in [0.2, 0.25) is 0 Å². The Labute approximate surface area is 190 Å². The largest absolute Gasteiger partial charge is 0.416 e. The number of alkyl halides is 6. The summed E-state index contributed by atoms with van der Waals surface area (Å²) in [7, 11) is 1.44. The SMILES string of the molecule is CNC(=O)c1ccc(N2C(=S)N(c3cc(C(F)(F)F)cc(C(F)(F)F)c3)C(=O)C2(C)C)cc1. The molecule has 0 atom stereocenters. The van der Waals surface area contributed by atoms with Gasteiger partial charge in [-0.25, -0.2) is 0 Å². The van der Waals surface area contributed by atoms with E-state index >= 15 is 0 Å². The molecule has 1 aliphatic heterocycles. The summed E-state index contributed by atoms with van der Waals surface area (Å²) >= 11 is 5.32. The number of thiocarbonyl (C=S) groups is 1. The third kappa shape index (κ3) is 4.39. The topological polar surface area (TPSA) is 52.7 Å². The molecule has 1 N–H and O–H groups in total. The molecule has 33 heavy (non-hydrogen) atoms. The highest BCUT2D eigenvalue weighted by molar-refractivity contribution is 7.81. The van der Waals surface area contributed by atoms with Crippen molar-refractivity contribution in [1.82, 2.24) is 5.32 Å². The minimum atomic E-state index is -5.08. The molecule has 5 nitrogen and oxygen atoms in total. The van der Waals surface area contributed by atoms with Gasteiger partial charge in [-0.3, -0.25) is 14.5 Å². The molecule has 0 saturated carbocycles. The Hall–Kier alpha value is -3.15. The molecule has 1 aliphatic rings. The van der Waals surface area contributed by atoms with E-state index < -0.39 is 40.6 Å². The van der Waals surface area contributed by atoms with Gasteiger partial charge in [0, 0.05) is 18.3 Å². The lowest BCUT2D eigenvalue weighted by molar-refractivity contribution is -0.143. The number of hydrogen-bond acceptors (Lipinski definition) is 3. The first kappa shape index (κ1) is 24.5. The van der Waals surface area contributed by atoms with Crippen molar-refractivity contribution in [2.24, 2.45) is 0 Å². The number of anilines is 2. The Morgan fingerprint density at radius 2 is 1.39 bits per heavy atom. The summed E-state index contributed by atoms with van der Waals surface area (Å²) in [6, 6.07) is 6.73. The van der Waals surface area contributed by atoms with Crippen LogP contribution in [-0.2, 0) is 17.1 Å². The predicted octanol–water partition coefficient (Wildman–Crippen LogP) is 5.00. The highest BCUT2D eigenvalue weighted by atomic mass is 32.1. The number of carbonyl (C=O) groups excluding carboxylic acids is 2. The molecular weight excluding hydrogens is 472 g/mol. The molecule has 0 aromatic heterocycles. The first-order valence-electron chi connectivity index (χ1n) is 9.39. The van der Waals surface area contributed by atoms with Crippen molar-refractivity contribution >= 4 is 40.5 Å². The van der Waals surface area contributed by atoms with Crippen molar-refractivity contribution in [1.29, 1.82) is 0 Å². The van der Waals surface area contributed by atoms with Crippen LogP contribution >= 0.6 is 12.2 Å². The number of amides is 2. The van der Waals surface area contributed by atoms with Gasteiger partial charge in [-0.15, -0.1) is 0 Å². The molecule has 0 unspecified atom stereocenters. The van der Waals surface area contributed by atoms with Crippen LogP contribution in [0.5, 0.6) is 0 Å². The lowest BCUT2D eigenvalue weighted by Crippen LogP contribution is -2.44. The van der Waals surface area contributed by atoms with Gasteiger partial charge in [-0.2, -0.15) is 26.3 Å². The van der Waals surface area contributed by atoms with Gasteiger partial charge in [0.2, 0.25) is 0 Å². The molecule has 2 aromatic carbocycles. The van der Waals surface area contributed by atoms with Crippen LogP contribution in [0.15, 0.2) is 42.5 Å². The average molecular weight is 489 g/mol. The fourth-order valence-electron chi connectivity index (χ4n) is 3.43. The molecule has 1 saturated heterocycles. The highest BCUT2D eigenvalue weighted by Gasteiger charge is 2.51. The molecule has 3 rings (SSSR count). The van der Waals surface area contributed by atoms with Gasteiger partial charge in [-0.05, 0) is 68.5 Å². The van der Waals surface area contributed by atoms with E-state index in [9.17, 15) is 35.9 Å². The van der Waals surface area contributed by atoms with E-state index in [2.05, 4.69) is 5.32 Å². The quantitative estimate of drug-likeness (QED) is 0.487. The lowest BCUT2D eigenvalue weighted by Gasteiger charge is -2.29. The molecular formula is C21H17F6N3O2S. The molecule has 0 aliphatic carbocycles. The standard InChI is InChI=1S/C21H17F6N3O2S/c1-19(2)17(32)29(15-9-12(20(22,23)24)8-13(10-15)21(25,26)27)18(33)30(19)14-6-4-11(5-7-14)16(31)28-3/h4-10H,1-3H3,(H,28,31). The fraction of sp³-hybridized carbons (Fsp3) is 0.286. The van der Waals surface area contributed by atoms with E-state index in [1.807, 2.05) is 0 Å². The fourth-order valence-corrected chi connectivity index (χ4v) is 3.95. The molecule has 0 spiro atoms. The second-order valence-corrected chi connectivity index (χ2v) is 8.07. The van der Waals surface area contributed by atoms with Gasteiger partial charge < -0.3 is 10.2 Å². The number of nitrogens with one attached hydrogen (secondary N) is 1. The van der Waals surface area contributed by atoms with Crippen molar-refractivity contribution in [3.8, 4) is 0 Å². The van der Waals surface area contributed by atoms with Crippen LogP contribution in [0.3, 0.4) is 0 Å². The van der Waals surface area contributed by atoms with Crippen molar-refractivity contribution in [2.75, 3.05) is 16.8 Å². The number of carbonyl (C=O) groups is 2. The van der Waals surface area contributed by atoms with E-state index in [4.69, 9.17) is 12.2 Å². The van der Waals surface area contributed by atoms with Crippen molar-refractivity contribution in [2.45, 2.75) is 31.7 Å². The van der Waals surface area contributed by atoms with Crippen molar-refractivity contribution < 1.29 is 35.9 Å². The van der Waals surface area contributed by atoms with Crippen LogP contribution < -0.4 is 15.1 Å². The summed E-state index contributed by atoms with van der Waals surface area (Å²) in [6.07, 6.45) is -10.2. The van der Waals surface area contributed by atoms with E-state index in [1.54, 1.807) is 0 Å². The maximum atomic E-state index is 13.3. The Bertz CT molecular complexity index is 1090. The molecule has 0 bridgehead atoms. The second-order valence-electron chi connectivity index (χ2n) is 7.71. The molecule has 0 radical (unpaired) electrons. The third-order valence-corrected chi connectivity index (χ3v) is 5.48. The first-order chi connectivity index (χ1) is 15.1. The highest BCUT2D eigenvalue weighted by Crippen LogP contribution is 2.42. The van der Waals surface area contributed by atoms with Crippen LogP contribution in [0, 0.1) is 0 Å². The minimum absolute atomic E-state index is 0.0203. The third-order valence-electron chi connectivity index (χ3n) is 5.11. The van der Waals surface area contributed by atoms with Crippen molar-refractivity contribution in [3.63, 3.8) is 0 Å². The van der Waals surface area contributed by atoms with Gasteiger partial charge >= 0.3 is 12.4 Å². The molecule has 12 heteroatoms. The van der Waals surface area contributed by atoms with E-state index in [1.165, 1.54) is 50.1 Å². The molecule has 1 heterocycles. The maximum Gasteiger partial charge on any atom is 0.416 e. The Kier molecular flexibility index (Phi) is 5.95. The van der Waals surface area contributed by atoms with Crippen LogP contribution in [0.4, 0.5) is 37.7 Å². The summed E-state index contributed by atoms with van der Waals surface area (Å²) in [4.78, 5) is 26.9. The van der Waals surface area contributed by atoms with Gasteiger partial charge in [-0.1, -0.05) is 0 Å². The summed E-state index contributed by atoms with van der Waals surface area (Å²) in [5.74, 6) is -1.18. The molecule has 2 aromatic rings. The Balaban J connectivity index is 2.12. The van der Waals surface area contributed by atoms with Gasteiger partial charge in [0.1, 0.15) is 5.54 Å². The van der Waals surface area contributed by atoms with Crippen LogP contribution in [-0.4, -0.2) is 29.5 Å². The monoisotopic (exact) mass is 489 g/mol. The van der Waals surface area contributed by atoms with E-state index in [0.29, 0.717) is 28.3 Å². The molecule has 176 valence electrons.